The summed E-state index contributed by atoms with van der Waals surface area (Å²) in [5, 5.41) is 10.9. The van der Waals surface area contributed by atoms with E-state index >= 15 is 0 Å². The van der Waals surface area contributed by atoms with Crippen LogP contribution >= 0.6 is 38.5 Å². The Morgan fingerprint density at radius 3 is 2.67 bits per heavy atom. The van der Waals surface area contributed by atoms with Crippen LogP contribution < -0.4 is 5.32 Å². The predicted molar refractivity (Wildman–Crippen MR) is 67.7 cm³/mol. The molecule has 0 unspecified atom stereocenters. The van der Waals surface area contributed by atoms with E-state index in [0.29, 0.717) is 5.69 Å². The van der Waals surface area contributed by atoms with E-state index < -0.39 is 18.3 Å². The van der Waals surface area contributed by atoms with Crippen LogP contribution in [0.5, 0.6) is 0 Å². The van der Waals surface area contributed by atoms with Crippen LogP contribution in [0.25, 0.3) is 0 Å². The van der Waals surface area contributed by atoms with Crippen LogP contribution in [0.15, 0.2) is 22.7 Å². The molecule has 1 amide bonds. The molecule has 0 aromatic heterocycles. The van der Waals surface area contributed by atoms with E-state index in [9.17, 15) is 9.59 Å². The van der Waals surface area contributed by atoms with Gasteiger partial charge in [-0.2, -0.15) is 0 Å². The van der Waals surface area contributed by atoms with Gasteiger partial charge in [0.05, 0.1) is 0 Å². The van der Waals surface area contributed by atoms with Crippen molar-refractivity contribution in [1.82, 2.24) is 0 Å². The van der Waals surface area contributed by atoms with Crippen molar-refractivity contribution >= 4 is 56.1 Å². The van der Waals surface area contributed by atoms with Crippen LogP contribution in [-0.2, 0) is 9.59 Å². The third-order valence-corrected chi connectivity index (χ3v) is 3.84. The Bertz CT molecular complexity index is 408. The van der Waals surface area contributed by atoms with Gasteiger partial charge in [-0.15, -0.1) is 0 Å². The number of hydrogen-bond donors (Lipinski definition) is 2. The number of rotatable bonds is 3. The molecule has 15 heavy (non-hydrogen) atoms. The summed E-state index contributed by atoms with van der Waals surface area (Å²) in [5.41, 5.74) is 0.592. The first-order valence-corrected chi connectivity index (χ1v) is 5.83. The zero-order valence-electron chi connectivity index (χ0n) is 7.46. The quantitative estimate of drug-likeness (QED) is 0.622. The lowest BCUT2D eigenvalue weighted by molar-refractivity contribution is -0.139. The molecule has 0 saturated carbocycles. The van der Waals surface area contributed by atoms with Gasteiger partial charge in [-0.3, -0.25) is 9.59 Å². The SMILES string of the molecule is O=C(O)CC(=O)Nc1ccc(Br)c(I)c1. The van der Waals surface area contributed by atoms with Gasteiger partial charge in [-0.05, 0) is 56.7 Å². The Hall–Kier alpha value is -0.630. The molecule has 4 nitrogen and oxygen atoms in total. The van der Waals surface area contributed by atoms with E-state index in [0.717, 1.165) is 8.04 Å². The number of benzene rings is 1. The molecule has 0 bridgehead atoms. The molecule has 6 heteroatoms. The van der Waals surface area contributed by atoms with E-state index in [-0.39, 0.29) is 0 Å². The third-order valence-electron chi connectivity index (χ3n) is 1.52. The monoisotopic (exact) mass is 383 g/mol. The first-order chi connectivity index (χ1) is 6.99. The molecule has 0 aliphatic rings. The van der Waals surface area contributed by atoms with Crippen LogP contribution in [-0.4, -0.2) is 17.0 Å². The zero-order chi connectivity index (χ0) is 11.4. The maximum Gasteiger partial charge on any atom is 0.312 e. The molecule has 0 radical (unpaired) electrons. The first kappa shape index (κ1) is 12.4. The van der Waals surface area contributed by atoms with Crippen molar-refractivity contribution in [3.05, 3.63) is 26.2 Å². The van der Waals surface area contributed by atoms with E-state index in [2.05, 4.69) is 43.8 Å². The van der Waals surface area contributed by atoms with Crippen LogP contribution in [0.4, 0.5) is 5.69 Å². The number of anilines is 1. The lowest BCUT2D eigenvalue weighted by Gasteiger charge is -2.04. The first-order valence-electron chi connectivity index (χ1n) is 3.95. The maximum atomic E-state index is 11.1. The second kappa shape index (κ2) is 5.45. The highest BCUT2D eigenvalue weighted by molar-refractivity contribution is 14.1. The number of amides is 1. The Morgan fingerprint density at radius 2 is 2.13 bits per heavy atom. The van der Waals surface area contributed by atoms with Crippen LogP contribution in [0, 0.1) is 3.57 Å². The van der Waals surface area contributed by atoms with E-state index in [4.69, 9.17) is 5.11 Å². The number of aliphatic carboxylic acids is 1. The molecule has 0 aliphatic carbocycles. The van der Waals surface area contributed by atoms with Crippen LogP contribution in [0.3, 0.4) is 0 Å². The summed E-state index contributed by atoms with van der Waals surface area (Å²) >= 11 is 5.43. The van der Waals surface area contributed by atoms with Gasteiger partial charge >= 0.3 is 5.97 Å². The van der Waals surface area contributed by atoms with Crippen LogP contribution in [0.1, 0.15) is 6.42 Å². The minimum atomic E-state index is -1.14. The number of carboxylic acids is 1. The Labute approximate surface area is 108 Å². The number of hydrogen-bond acceptors (Lipinski definition) is 2. The zero-order valence-corrected chi connectivity index (χ0v) is 11.2. The topological polar surface area (TPSA) is 66.4 Å². The lowest BCUT2D eigenvalue weighted by Crippen LogP contribution is -2.15. The highest BCUT2D eigenvalue weighted by atomic mass is 127. The van der Waals surface area contributed by atoms with Crippen molar-refractivity contribution in [3.63, 3.8) is 0 Å². The number of halogens is 2. The summed E-state index contributed by atoms with van der Waals surface area (Å²) < 4.78 is 1.88. The van der Waals surface area contributed by atoms with E-state index in [1.54, 1.807) is 18.2 Å². The second-order valence-corrected chi connectivity index (χ2v) is 4.76. The van der Waals surface area contributed by atoms with Gasteiger partial charge in [-0.25, -0.2) is 0 Å². The summed E-state index contributed by atoms with van der Waals surface area (Å²) in [5.74, 6) is -1.67. The molecule has 2 N–H and O–H groups in total. The molecule has 0 spiro atoms. The fourth-order valence-corrected chi connectivity index (χ4v) is 1.68. The van der Waals surface area contributed by atoms with Gasteiger partial charge in [0.2, 0.25) is 5.91 Å². The van der Waals surface area contributed by atoms with E-state index in [1.807, 2.05) is 0 Å². The van der Waals surface area contributed by atoms with Crippen molar-refractivity contribution in [2.45, 2.75) is 6.42 Å². The van der Waals surface area contributed by atoms with Crippen molar-refractivity contribution in [1.29, 1.82) is 0 Å². The average Bonchev–Trinajstić information content (AvgIpc) is 2.10. The number of nitrogens with one attached hydrogen (secondary N) is 1. The maximum absolute atomic E-state index is 11.1. The Kier molecular flexibility index (Phi) is 4.52. The van der Waals surface area contributed by atoms with Gasteiger partial charge < -0.3 is 10.4 Å². The summed E-state index contributed by atoms with van der Waals surface area (Å²) in [7, 11) is 0. The molecule has 0 atom stereocenters. The van der Waals surface area contributed by atoms with Gasteiger partial charge in [0.15, 0.2) is 0 Å². The molecule has 0 heterocycles. The Morgan fingerprint density at radius 1 is 1.47 bits per heavy atom. The van der Waals surface area contributed by atoms with Crippen molar-refractivity contribution in [3.8, 4) is 0 Å². The number of carbonyl (C=O) groups excluding carboxylic acids is 1. The van der Waals surface area contributed by atoms with E-state index in [1.165, 1.54) is 0 Å². The summed E-state index contributed by atoms with van der Waals surface area (Å²) in [6.45, 7) is 0. The molecular weight excluding hydrogens is 377 g/mol. The lowest BCUT2D eigenvalue weighted by atomic mass is 10.3. The minimum absolute atomic E-state index is 0.521. The molecule has 1 aromatic rings. The standard InChI is InChI=1S/C9H7BrINO3/c10-6-2-1-5(3-7(6)11)12-8(13)4-9(14)15/h1-3H,4H2,(H,12,13)(H,14,15). The van der Waals surface area contributed by atoms with Crippen molar-refractivity contribution in [2.24, 2.45) is 0 Å². The Balaban J connectivity index is 2.69. The summed E-state index contributed by atoms with van der Waals surface area (Å²) in [4.78, 5) is 21.4. The highest BCUT2D eigenvalue weighted by Crippen LogP contribution is 2.22. The average molecular weight is 384 g/mol. The summed E-state index contributed by atoms with van der Waals surface area (Å²) in [6.07, 6.45) is -0.521. The molecule has 0 fully saturated rings. The molecule has 1 rings (SSSR count). The van der Waals surface area contributed by atoms with Gasteiger partial charge in [0.25, 0.3) is 0 Å². The fraction of sp³-hybridized carbons (Fsp3) is 0.111. The van der Waals surface area contributed by atoms with Crippen molar-refractivity contribution < 1.29 is 14.7 Å². The number of carboxylic acid groups (broad SMARTS) is 1. The second-order valence-electron chi connectivity index (χ2n) is 2.75. The number of carbonyl (C=O) groups is 2. The highest BCUT2D eigenvalue weighted by Gasteiger charge is 2.08. The molecule has 0 aliphatic heterocycles. The minimum Gasteiger partial charge on any atom is -0.481 e. The van der Waals surface area contributed by atoms with Crippen LogP contribution in [0.2, 0.25) is 0 Å². The fourth-order valence-electron chi connectivity index (χ4n) is 0.916. The molecule has 80 valence electrons. The normalized spacial score (nSPS) is 9.73. The van der Waals surface area contributed by atoms with Gasteiger partial charge in [-0.1, -0.05) is 0 Å². The predicted octanol–water partition coefficient (Wildman–Crippen LogP) is 2.47. The molecular formula is C9H7BrINO3. The largest absolute Gasteiger partial charge is 0.481 e. The third kappa shape index (κ3) is 4.17. The smallest absolute Gasteiger partial charge is 0.312 e. The van der Waals surface area contributed by atoms with Gasteiger partial charge in [0.1, 0.15) is 6.42 Å². The van der Waals surface area contributed by atoms with Gasteiger partial charge in [0, 0.05) is 13.7 Å². The summed E-state index contributed by atoms with van der Waals surface area (Å²) in [6, 6.07) is 5.24. The molecule has 1 aromatic carbocycles. The molecule has 0 saturated heterocycles. The van der Waals surface area contributed by atoms with Crippen molar-refractivity contribution in [2.75, 3.05) is 5.32 Å².